The Bertz CT molecular complexity index is 86.1. The average Bonchev–Trinajstić information content (AvgIpc) is 1.68. The molecule has 1 N–H and O–H groups in total. The quantitative estimate of drug-likeness (QED) is 0.475. The minimum absolute atomic E-state index is 0.473. The van der Waals surface area contributed by atoms with Crippen LogP contribution in [-0.2, 0) is 0 Å². The molecule has 0 aliphatic carbocycles. The third kappa shape index (κ3) is 3.35. The summed E-state index contributed by atoms with van der Waals surface area (Å²) in [4.78, 5) is 0. The SMILES string of the molecule is [CH2]CC(O)C#CC. The van der Waals surface area contributed by atoms with E-state index in [0.717, 1.165) is 0 Å². The molecule has 0 aromatic rings. The maximum atomic E-state index is 8.62. The average molecular weight is 97.1 g/mol. The predicted molar refractivity (Wildman–Crippen MR) is 29.4 cm³/mol. The Morgan fingerprint density at radius 1 is 1.86 bits per heavy atom. The molecule has 0 saturated carbocycles. The molecule has 1 nitrogen and oxygen atoms in total. The van der Waals surface area contributed by atoms with Gasteiger partial charge in [0.25, 0.3) is 0 Å². The van der Waals surface area contributed by atoms with Crippen molar-refractivity contribution in [3.8, 4) is 11.8 Å². The molecule has 0 aliphatic rings. The summed E-state index contributed by atoms with van der Waals surface area (Å²) in [6, 6.07) is 0. The fourth-order valence-electron chi connectivity index (χ4n) is 0.239. The topological polar surface area (TPSA) is 20.2 Å². The predicted octanol–water partition coefficient (Wildman–Crippen LogP) is 0.595. The fourth-order valence-corrected chi connectivity index (χ4v) is 0.239. The normalized spacial score (nSPS) is 11.9. The summed E-state index contributed by atoms with van der Waals surface area (Å²) in [5.74, 6) is 5.12. The summed E-state index contributed by atoms with van der Waals surface area (Å²) in [5, 5.41) is 8.62. The van der Waals surface area contributed by atoms with Crippen molar-refractivity contribution >= 4 is 0 Å². The Hall–Kier alpha value is -0.480. The Morgan fingerprint density at radius 2 is 2.43 bits per heavy atom. The van der Waals surface area contributed by atoms with Crippen LogP contribution in [0.1, 0.15) is 13.3 Å². The van der Waals surface area contributed by atoms with E-state index in [2.05, 4.69) is 18.8 Å². The van der Waals surface area contributed by atoms with E-state index in [-0.39, 0.29) is 0 Å². The van der Waals surface area contributed by atoms with Gasteiger partial charge in [-0.3, -0.25) is 0 Å². The van der Waals surface area contributed by atoms with Gasteiger partial charge in [-0.25, -0.2) is 0 Å². The summed E-state index contributed by atoms with van der Waals surface area (Å²) in [7, 11) is 0. The summed E-state index contributed by atoms with van der Waals surface area (Å²) in [6.07, 6.45) is -0.0501. The number of aliphatic hydroxyl groups is 1. The van der Waals surface area contributed by atoms with Crippen LogP contribution in [0.4, 0.5) is 0 Å². The molecule has 7 heavy (non-hydrogen) atoms. The van der Waals surface area contributed by atoms with Crippen LogP contribution in [0.3, 0.4) is 0 Å². The molecular formula is C6H9O. The molecule has 0 amide bonds. The lowest BCUT2D eigenvalue weighted by atomic mass is 10.3. The van der Waals surface area contributed by atoms with Crippen molar-refractivity contribution in [2.45, 2.75) is 19.4 Å². The van der Waals surface area contributed by atoms with Gasteiger partial charge in [-0.1, -0.05) is 5.92 Å². The van der Waals surface area contributed by atoms with Gasteiger partial charge in [0.05, 0.1) is 0 Å². The van der Waals surface area contributed by atoms with Crippen molar-refractivity contribution < 1.29 is 5.11 Å². The number of aliphatic hydroxyl groups excluding tert-OH is 1. The van der Waals surface area contributed by atoms with E-state index in [0.29, 0.717) is 6.42 Å². The molecule has 1 atom stereocenters. The molecule has 0 spiro atoms. The second-order valence-corrected chi connectivity index (χ2v) is 1.20. The maximum Gasteiger partial charge on any atom is 0.114 e. The van der Waals surface area contributed by atoms with E-state index in [1.54, 1.807) is 6.92 Å². The molecule has 0 aliphatic heterocycles. The molecule has 0 bridgehead atoms. The van der Waals surface area contributed by atoms with Crippen LogP contribution in [0.5, 0.6) is 0 Å². The van der Waals surface area contributed by atoms with Gasteiger partial charge in [-0.15, -0.1) is 5.92 Å². The first kappa shape index (κ1) is 6.52. The highest BCUT2D eigenvalue weighted by molar-refractivity contribution is 5.01. The van der Waals surface area contributed by atoms with E-state index >= 15 is 0 Å². The monoisotopic (exact) mass is 97.1 g/mol. The molecule has 1 radical (unpaired) electrons. The molecule has 1 heteroatoms. The zero-order valence-electron chi connectivity index (χ0n) is 4.44. The lowest BCUT2D eigenvalue weighted by molar-refractivity contribution is 0.235. The van der Waals surface area contributed by atoms with Gasteiger partial charge in [-0.2, -0.15) is 0 Å². The number of hydrogen-bond donors (Lipinski definition) is 1. The van der Waals surface area contributed by atoms with Gasteiger partial charge in [-0.05, 0) is 20.3 Å². The molecule has 39 valence electrons. The minimum Gasteiger partial charge on any atom is -0.380 e. The Balaban J connectivity index is 3.29. The van der Waals surface area contributed by atoms with Gasteiger partial charge >= 0.3 is 0 Å². The zero-order valence-corrected chi connectivity index (χ0v) is 4.44. The van der Waals surface area contributed by atoms with Gasteiger partial charge in [0.2, 0.25) is 0 Å². The van der Waals surface area contributed by atoms with Gasteiger partial charge in [0.1, 0.15) is 6.10 Å². The molecule has 0 heterocycles. The van der Waals surface area contributed by atoms with Gasteiger partial charge in [0, 0.05) is 0 Å². The lowest BCUT2D eigenvalue weighted by Gasteiger charge is -1.91. The van der Waals surface area contributed by atoms with E-state index in [1.807, 2.05) is 0 Å². The van der Waals surface area contributed by atoms with Crippen LogP contribution < -0.4 is 0 Å². The summed E-state index contributed by atoms with van der Waals surface area (Å²) >= 11 is 0. The number of hydrogen-bond acceptors (Lipinski definition) is 1. The van der Waals surface area contributed by atoms with Crippen LogP contribution in [-0.4, -0.2) is 11.2 Å². The van der Waals surface area contributed by atoms with Crippen molar-refractivity contribution in [1.82, 2.24) is 0 Å². The van der Waals surface area contributed by atoms with Crippen LogP contribution in [0.2, 0.25) is 0 Å². The first-order chi connectivity index (χ1) is 3.31. The largest absolute Gasteiger partial charge is 0.380 e. The van der Waals surface area contributed by atoms with E-state index < -0.39 is 6.10 Å². The summed E-state index contributed by atoms with van der Waals surface area (Å²) in [5.41, 5.74) is 0. The molecule has 0 aromatic heterocycles. The Kier molecular flexibility index (Phi) is 3.45. The molecular weight excluding hydrogens is 88.1 g/mol. The van der Waals surface area contributed by atoms with E-state index in [4.69, 9.17) is 5.11 Å². The van der Waals surface area contributed by atoms with Gasteiger partial charge < -0.3 is 5.11 Å². The Labute approximate surface area is 44.4 Å². The first-order valence-electron chi connectivity index (χ1n) is 2.21. The molecule has 0 aromatic carbocycles. The Morgan fingerprint density at radius 3 is 2.57 bits per heavy atom. The van der Waals surface area contributed by atoms with E-state index in [1.165, 1.54) is 0 Å². The van der Waals surface area contributed by atoms with Crippen molar-refractivity contribution in [2.75, 3.05) is 0 Å². The van der Waals surface area contributed by atoms with Crippen LogP contribution in [0.25, 0.3) is 0 Å². The third-order valence-electron chi connectivity index (χ3n) is 0.584. The van der Waals surface area contributed by atoms with Crippen LogP contribution >= 0.6 is 0 Å². The fraction of sp³-hybridized carbons (Fsp3) is 0.500. The van der Waals surface area contributed by atoms with Crippen molar-refractivity contribution in [3.05, 3.63) is 6.92 Å². The lowest BCUT2D eigenvalue weighted by Crippen LogP contribution is -1.98. The molecule has 1 unspecified atom stereocenters. The van der Waals surface area contributed by atoms with Crippen molar-refractivity contribution in [3.63, 3.8) is 0 Å². The zero-order chi connectivity index (χ0) is 5.70. The van der Waals surface area contributed by atoms with Crippen LogP contribution in [0, 0.1) is 18.8 Å². The van der Waals surface area contributed by atoms with Crippen LogP contribution in [0.15, 0.2) is 0 Å². The smallest absolute Gasteiger partial charge is 0.114 e. The summed E-state index contributed by atoms with van der Waals surface area (Å²) < 4.78 is 0. The second kappa shape index (κ2) is 3.70. The molecule has 0 saturated heterocycles. The van der Waals surface area contributed by atoms with E-state index in [9.17, 15) is 0 Å². The first-order valence-corrected chi connectivity index (χ1v) is 2.21. The number of rotatable bonds is 1. The van der Waals surface area contributed by atoms with Crippen molar-refractivity contribution in [2.24, 2.45) is 0 Å². The standard InChI is InChI=1S/C6H9O/c1-3-5-6(7)4-2/h6-7H,2,4H2,1H3. The molecule has 0 fully saturated rings. The highest BCUT2D eigenvalue weighted by Crippen LogP contribution is 1.82. The second-order valence-electron chi connectivity index (χ2n) is 1.20. The summed E-state index contributed by atoms with van der Waals surface area (Å²) in [6.45, 7) is 5.15. The van der Waals surface area contributed by atoms with Crippen molar-refractivity contribution in [1.29, 1.82) is 0 Å². The highest BCUT2D eigenvalue weighted by Gasteiger charge is 1.88. The highest BCUT2D eigenvalue weighted by atomic mass is 16.3. The molecule has 0 rings (SSSR count). The minimum atomic E-state index is -0.523. The van der Waals surface area contributed by atoms with Gasteiger partial charge in [0.15, 0.2) is 0 Å². The third-order valence-corrected chi connectivity index (χ3v) is 0.584. The maximum absolute atomic E-state index is 8.62.